The molecule has 1 aromatic heterocycles. The fraction of sp³-hybridized carbons (Fsp3) is 0.400. The molecule has 15 heavy (non-hydrogen) atoms. The number of nitrogens with two attached hydrogens (primary N) is 2. The minimum absolute atomic E-state index is 0.171. The molecule has 1 amide bonds. The highest BCUT2D eigenvalue weighted by Gasteiger charge is 2.12. The third kappa shape index (κ3) is 2.37. The summed E-state index contributed by atoms with van der Waals surface area (Å²) in [5, 5.41) is 0. The Morgan fingerprint density at radius 1 is 1.53 bits per heavy atom. The first-order valence-electron chi connectivity index (χ1n) is 4.68. The van der Waals surface area contributed by atoms with Crippen molar-refractivity contribution in [1.29, 1.82) is 0 Å². The minimum atomic E-state index is -0.427. The number of pyridine rings is 1. The molecule has 0 spiro atoms. The Morgan fingerprint density at radius 2 is 2.13 bits per heavy atom. The van der Waals surface area contributed by atoms with Crippen LogP contribution in [0.4, 0.5) is 5.69 Å². The van der Waals surface area contributed by atoms with Gasteiger partial charge in [-0.05, 0) is 13.0 Å². The van der Waals surface area contributed by atoms with Gasteiger partial charge in [0.1, 0.15) is 0 Å². The maximum Gasteiger partial charge on any atom is 0.250 e. The maximum atomic E-state index is 11.5. The van der Waals surface area contributed by atoms with Crippen molar-refractivity contribution in [1.82, 2.24) is 4.57 Å². The molecule has 1 heterocycles. The normalized spacial score (nSPS) is 12.4. The predicted octanol–water partition coefficient (Wildman–Crippen LogP) is -0.140. The molecule has 0 bridgehead atoms. The van der Waals surface area contributed by atoms with Gasteiger partial charge < -0.3 is 16.0 Å². The Hall–Kier alpha value is -1.78. The first-order valence-corrected chi connectivity index (χ1v) is 4.68. The Morgan fingerprint density at radius 3 is 2.67 bits per heavy atom. The molecule has 1 rings (SSSR count). The summed E-state index contributed by atoms with van der Waals surface area (Å²) in [7, 11) is 0. The summed E-state index contributed by atoms with van der Waals surface area (Å²) in [4.78, 5) is 22.4. The highest BCUT2D eigenvalue weighted by Crippen LogP contribution is 2.08. The molecule has 5 nitrogen and oxygen atoms in total. The van der Waals surface area contributed by atoms with Gasteiger partial charge in [-0.15, -0.1) is 0 Å². The number of nitrogens with zero attached hydrogens (tertiary/aromatic N) is 1. The van der Waals surface area contributed by atoms with E-state index in [1.807, 2.05) is 0 Å². The van der Waals surface area contributed by atoms with E-state index in [4.69, 9.17) is 11.5 Å². The molecular weight excluding hydrogens is 194 g/mol. The number of primary amides is 1. The molecule has 0 aliphatic rings. The maximum absolute atomic E-state index is 11.5. The molecule has 1 unspecified atom stereocenters. The lowest BCUT2D eigenvalue weighted by atomic mass is 10.1. The van der Waals surface area contributed by atoms with Gasteiger partial charge in [-0.25, -0.2) is 0 Å². The van der Waals surface area contributed by atoms with E-state index < -0.39 is 5.91 Å². The van der Waals surface area contributed by atoms with Crippen LogP contribution in [0.3, 0.4) is 0 Å². The molecule has 4 N–H and O–H groups in total. The van der Waals surface area contributed by atoms with Gasteiger partial charge >= 0.3 is 0 Å². The molecule has 0 saturated heterocycles. The lowest BCUT2D eigenvalue weighted by Gasteiger charge is -2.14. The van der Waals surface area contributed by atoms with Crippen LogP contribution in [0, 0.1) is 12.8 Å². The fourth-order valence-electron chi connectivity index (χ4n) is 1.28. The van der Waals surface area contributed by atoms with Gasteiger partial charge in [0.15, 0.2) is 0 Å². The summed E-state index contributed by atoms with van der Waals surface area (Å²) in [5.41, 5.74) is 11.8. The molecule has 1 atom stereocenters. The fourth-order valence-corrected chi connectivity index (χ4v) is 1.28. The predicted molar refractivity (Wildman–Crippen MR) is 58.2 cm³/mol. The topological polar surface area (TPSA) is 91.1 Å². The van der Waals surface area contributed by atoms with Crippen molar-refractivity contribution in [3.8, 4) is 0 Å². The van der Waals surface area contributed by atoms with Crippen LogP contribution in [-0.4, -0.2) is 10.5 Å². The Labute approximate surface area is 87.7 Å². The molecule has 5 heteroatoms. The van der Waals surface area contributed by atoms with Crippen molar-refractivity contribution in [2.24, 2.45) is 11.7 Å². The number of hydrogen-bond donors (Lipinski definition) is 2. The van der Waals surface area contributed by atoms with E-state index in [0.717, 1.165) is 0 Å². The summed E-state index contributed by atoms with van der Waals surface area (Å²) in [5.74, 6) is -0.813. The van der Waals surface area contributed by atoms with Crippen molar-refractivity contribution in [2.45, 2.75) is 20.4 Å². The third-order valence-corrected chi connectivity index (χ3v) is 2.44. The molecule has 0 fully saturated rings. The number of nitrogen functional groups attached to an aromatic ring is 1. The number of rotatable bonds is 3. The molecule has 1 aromatic rings. The van der Waals surface area contributed by atoms with Crippen LogP contribution in [0.5, 0.6) is 0 Å². The van der Waals surface area contributed by atoms with E-state index in [-0.39, 0.29) is 18.0 Å². The molecular formula is C10H15N3O2. The highest BCUT2D eigenvalue weighted by molar-refractivity contribution is 5.76. The number of amides is 1. The van der Waals surface area contributed by atoms with Crippen molar-refractivity contribution >= 4 is 11.6 Å². The van der Waals surface area contributed by atoms with E-state index in [2.05, 4.69) is 0 Å². The lowest BCUT2D eigenvalue weighted by molar-refractivity contribution is -0.121. The number of carbonyl (C=O) groups excluding carboxylic acids is 1. The monoisotopic (exact) mass is 209 g/mol. The molecule has 82 valence electrons. The molecule has 0 saturated carbocycles. The molecule has 0 aromatic carbocycles. The lowest BCUT2D eigenvalue weighted by Crippen LogP contribution is -2.31. The standard InChI is InChI=1S/C10H15N3O2/c1-6(10(12)15)5-13-7(2)8(11)3-4-9(13)14/h3-4,6H,5,11H2,1-2H3,(H2,12,15). The molecule has 0 radical (unpaired) electrons. The third-order valence-electron chi connectivity index (χ3n) is 2.44. The van der Waals surface area contributed by atoms with Crippen LogP contribution in [-0.2, 0) is 11.3 Å². The van der Waals surface area contributed by atoms with Gasteiger partial charge in [-0.1, -0.05) is 6.92 Å². The summed E-state index contributed by atoms with van der Waals surface area (Å²) in [6, 6.07) is 2.94. The summed E-state index contributed by atoms with van der Waals surface area (Å²) >= 11 is 0. The van der Waals surface area contributed by atoms with E-state index in [1.54, 1.807) is 19.9 Å². The van der Waals surface area contributed by atoms with E-state index >= 15 is 0 Å². The van der Waals surface area contributed by atoms with E-state index in [0.29, 0.717) is 11.4 Å². The smallest absolute Gasteiger partial charge is 0.250 e. The molecule has 0 aliphatic carbocycles. The Bertz CT molecular complexity index is 437. The average molecular weight is 209 g/mol. The van der Waals surface area contributed by atoms with Crippen molar-refractivity contribution in [3.63, 3.8) is 0 Å². The summed E-state index contributed by atoms with van der Waals surface area (Å²) in [6.45, 7) is 3.69. The summed E-state index contributed by atoms with van der Waals surface area (Å²) in [6.07, 6.45) is 0. The largest absolute Gasteiger partial charge is 0.397 e. The summed E-state index contributed by atoms with van der Waals surface area (Å²) < 4.78 is 1.46. The van der Waals surface area contributed by atoms with Gasteiger partial charge in [0.2, 0.25) is 5.91 Å². The van der Waals surface area contributed by atoms with Crippen molar-refractivity contribution in [2.75, 3.05) is 5.73 Å². The second kappa shape index (κ2) is 4.16. The number of aromatic nitrogens is 1. The van der Waals surface area contributed by atoms with Gasteiger partial charge in [0.25, 0.3) is 5.56 Å². The first-order chi connectivity index (χ1) is 6.93. The van der Waals surface area contributed by atoms with Gasteiger partial charge in [0.05, 0.1) is 11.6 Å². The number of anilines is 1. The van der Waals surface area contributed by atoms with Crippen molar-refractivity contribution in [3.05, 3.63) is 28.2 Å². The zero-order chi connectivity index (χ0) is 11.6. The van der Waals surface area contributed by atoms with E-state index in [9.17, 15) is 9.59 Å². The second-order valence-electron chi connectivity index (χ2n) is 3.63. The zero-order valence-corrected chi connectivity index (χ0v) is 8.86. The highest BCUT2D eigenvalue weighted by atomic mass is 16.1. The van der Waals surface area contributed by atoms with E-state index in [1.165, 1.54) is 10.6 Å². The Balaban J connectivity index is 3.09. The number of carbonyl (C=O) groups is 1. The second-order valence-corrected chi connectivity index (χ2v) is 3.63. The SMILES string of the molecule is Cc1c(N)ccc(=O)n1CC(C)C(N)=O. The quantitative estimate of drug-likeness (QED) is 0.725. The minimum Gasteiger partial charge on any atom is -0.397 e. The van der Waals surface area contributed by atoms with Gasteiger partial charge in [-0.2, -0.15) is 0 Å². The van der Waals surface area contributed by atoms with Crippen molar-refractivity contribution < 1.29 is 4.79 Å². The van der Waals surface area contributed by atoms with Crippen LogP contribution in [0.1, 0.15) is 12.6 Å². The van der Waals surface area contributed by atoms with Gasteiger partial charge in [-0.3, -0.25) is 9.59 Å². The van der Waals surface area contributed by atoms with Crippen LogP contribution >= 0.6 is 0 Å². The first kappa shape index (κ1) is 11.3. The Kier molecular flexibility index (Phi) is 3.14. The number of hydrogen-bond acceptors (Lipinski definition) is 3. The zero-order valence-electron chi connectivity index (χ0n) is 8.86. The van der Waals surface area contributed by atoms with Crippen LogP contribution in [0.2, 0.25) is 0 Å². The molecule has 0 aliphatic heterocycles. The average Bonchev–Trinajstić information content (AvgIpc) is 2.18. The van der Waals surface area contributed by atoms with Crippen LogP contribution < -0.4 is 17.0 Å². The van der Waals surface area contributed by atoms with Crippen LogP contribution in [0.25, 0.3) is 0 Å². The van der Waals surface area contributed by atoms with Gasteiger partial charge in [0, 0.05) is 18.3 Å². The van der Waals surface area contributed by atoms with Crippen LogP contribution in [0.15, 0.2) is 16.9 Å².